The van der Waals surface area contributed by atoms with Gasteiger partial charge in [0.2, 0.25) is 5.91 Å². The largest absolute Gasteiger partial charge is 0.298 e. The Kier molecular flexibility index (Phi) is 5.12. The summed E-state index contributed by atoms with van der Waals surface area (Å²) in [5, 5.41) is 6.08. The molecule has 0 unspecified atom stereocenters. The molecule has 2 heterocycles. The molecular formula is C17H14FN3OS2. The molecule has 0 saturated carbocycles. The number of rotatable bonds is 5. The maximum atomic E-state index is 13.2. The molecule has 122 valence electrons. The molecule has 0 spiro atoms. The van der Waals surface area contributed by atoms with Crippen LogP contribution in [-0.2, 0) is 11.2 Å². The Bertz CT molecular complexity index is 885. The molecule has 1 N–H and O–H groups in total. The number of hydrogen-bond donors (Lipinski definition) is 1. The minimum Gasteiger partial charge on any atom is -0.298 e. The van der Waals surface area contributed by atoms with E-state index < -0.39 is 0 Å². The number of thiazole rings is 2. The van der Waals surface area contributed by atoms with E-state index >= 15 is 0 Å². The van der Waals surface area contributed by atoms with Crippen molar-refractivity contribution in [1.29, 1.82) is 0 Å². The fraction of sp³-hybridized carbons (Fsp3) is 0.118. The van der Waals surface area contributed by atoms with Crippen molar-refractivity contribution in [1.82, 2.24) is 9.97 Å². The zero-order valence-corrected chi connectivity index (χ0v) is 14.5. The van der Waals surface area contributed by atoms with Crippen molar-refractivity contribution in [2.45, 2.75) is 13.3 Å². The van der Waals surface area contributed by atoms with Crippen LogP contribution in [0.25, 0.3) is 6.08 Å². The first-order valence-corrected chi connectivity index (χ1v) is 8.88. The van der Waals surface area contributed by atoms with E-state index in [0.29, 0.717) is 11.6 Å². The van der Waals surface area contributed by atoms with Crippen molar-refractivity contribution in [2.24, 2.45) is 0 Å². The van der Waals surface area contributed by atoms with E-state index in [0.717, 1.165) is 21.1 Å². The lowest BCUT2D eigenvalue weighted by Gasteiger charge is -1.98. The first-order chi connectivity index (χ1) is 11.6. The number of aryl methyl sites for hydroxylation is 1. The molecule has 0 bridgehead atoms. The van der Waals surface area contributed by atoms with E-state index in [1.807, 2.05) is 18.4 Å². The molecule has 1 aromatic carbocycles. The first-order valence-electron chi connectivity index (χ1n) is 7.19. The number of hydrogen-bond acceptors (Lipinski definition) is 5. The lowest BCUT2D eigenvalue weighted by molar-refractivity contribution is -0.111. The van der Waals surface area contributed by atoms with Crippen molar-refractivity contribution >= 4 is 39.8 Å². The fourth-order valence-electron chi connectivity index (χ4n) is 2.06. The molecule has 4 nitrogen and oxygen atoms in total. The second-order valence-electron chi connectivity index (χ2n) is 5.05. The Hall–Kier alpha value is -2.38. The third kappa shape index (κ3) is 4.56. The summed E-state index contributed by atoms with van der Waals surface area (Å²) in [7, 11) is 0. The summed E-state index contributed by atoms with van der Waals surface area (Å²) in [5.74, 6) is -0.514. The summed E-state index contributed by atoms with van der Waals surface area (Å²) in [6.07, 6.45) is 5.38. The number of halogens is 1. The lowest BCUT2D eigenvalue weighted by atomic mass is 10.1. The Morgan fingerprint density at radius 1 is 1.42 bits per heavy atom. The van der Waals surface area contributed by atoms with Crippen molar-refractivity contribution < 1.29 is 9.18 Å². The number of anilines is 1. The highest BCUT2D eigenvalue weighted by Crippen LogP contribution is 2.21. The molecule has 3 aromatic rings. The molecule has 0 aliphatic heterocycles. The average molecular weight is 359 g/mol. The van der Waals surface area contributed by atoms with Crippen LogP contribution in [0.2, 0.25) is 0 Å². The maximum Gasteiger partial charge on any atom is 0.250 e. The predicted molar refractivity (Wildman–Crippen MR) is 95.8 cm³/mol. The zero-order chi connectivity index (χ0) is 16.9. The number of nitrogens with one attached hydrogen (secondary N) is 1. The standard InChI is InChI=1S/C17H14FN3OS2/c1-11-20-14(10-23-11)5-6-16(22)21-17-19-9-15(24-17)8-12-3-2-4-13(18)7-12/h2-7,9-10H,8H2,1H3,(H,19,21,22)/b6-5+. The molecule has 0 atom stereocenters. The molecule has 3 rings (SSSR count). The van der Waals surface area contributed by atoms with Crippen molar-refractivity contribution in [2.75, 3.05) is 5.32 Å². The Morgan fingerprint density at radius 3 is 3.04 bits per heavy atom. The van der Waals surface area contributed by atoms with Gasteiger partial charge in [-0.25, -0.2) is 14.4 Å². The average Bonchev–Trinajstić information content (AvgIpc) is 3.14. The van der Waals surface area contributed by atoms with Crippen LogP contribution in [0.5, 0.6) is 0 Å². The van der Waals surface area contributed by atoms with Crippen LogP contribution in [0, 0.1) is 12.7 Å². The number of amides is 1. The zero-order valence-electron chi connectivity index (χ0n) is 12.8. The van der Waals surface area contributed by atoms with Crippen LogP contribution in [0.15, 0.2) is 41.9 Å². The van der Waals surface area contributed by atoms with Gasteiger partial charge < -0.3 is 0 Å². The SMILES string of the molecule is Cc1nc(/C=C/C(=O)Nc2ncc(Cc3cccc(F)c3)s2)cs1. The Morgan fingerprint density at radius 2 is 2.29 bits per heavy atom. The molecule has 0 saturated heterocycles. The fourth-order valence-corrected chi connectivity index (χ4v) is 3.49. The molecule has 0 fully saturated rings. The molecule has 7 heteroatoms. The van der Waals surface area contributed by atoms with Crippen LogP contribution in [-0.4, -0.2) is 15.9 Å². The normalized spacial score (nSPS) is 11.1. The predicted octanol–water partition coefficient (Wildman–Crippen LogP) is 4.29. The quantitative estimate of drug-likeness (QED) is 0.692. The maximum absolute atomic E-state index is 13.2. The molecule has 0 aliphatic carbocycles. The van der Waals surface area contributed by atoms with Crippen LogP contribution in [0.1, 0.15) is 21.1 Å². The molecule has 24 heavy (non-hydrogen) atoms. The van der Waals surface area contributed by atoms with Gasteiger partial charge in [-0.15, -0.1) is 22.7 Å². The van der Waals surface area contributed by atoms with Gasteiger partial charge in [-0.1, -0.05) is 12.1 Å². The van der Waals surface area contributed by atoms with Gasteiger partial charge in [0, 0.05) is 29.0 Å². The monoisotopic (exact) mass is 359 g/mol. The highest BCUT2D eigenvalue weighted by Gasteiger charge is 2.06. The van der Waals surface area contributed by atoms with Crippen LogP contribution >= 0.6 is 22.7 Å². The summed E-state index contributed by atoms with van der Waals surface area (Å²) >= 11 is 2.91. The van der Waals surface area contributed by atoms with Gasteiger partial charge in [0.25, 0.3) is 0 Å². The Labute approximate surface area is 146 Å². The van der Waals surface area contributed by atoms with E-state index in [9.17, 15) is 9.18 Å². The number of carbonyl (C=O) groups excluding carboxylic acids is 1. The van der Waals surface area contributed by atoms with Crippen LogP contribution in [0.3, 0.4) is 0 Å². The summed E-state index contributed by atoms with van der Waals surface area (Å²) in [6.45, 7) is 1.91. The molecule has 1 amide bonds. The van der Waals surface area contributed by atoms with Crippen LogP contribution < -0.4 is 5.32 Å². The molecule has 0 aliphatic rings. The smallest absolute Gasteiger partial charge is 0.250 e. The van der Waals surface area contributed by atoms with Crippen molar-refractivity contribution in [3.05, 3.63) is 68.9 Å². The molecule has 0 radical (unpaired) electrons. The van der Waals surface area contributed by atoms with Gasteiger partial charge in [-0.2, -0.15) is 0 Å². The minimum atomic E-state index is -0.257. The lowest BCUT2D eigenvalue weighted by Crippen LogP contribution is -2.07. The third-order valence-electron chi connectivity index (χ3n) is 3.09. The summed E-state index contributed by atoms with van der Waals surface area (Å²) in [6, 6.07) is 6.45. The first kappa shape index (κ1) is 16.5. The summed E-state index contributed by atoms with van der Waals surface area (Å²) in [4.78, 5) is 21.3. The highest BCUT2D eigenvalue weighted by molar-refractivity contribution is 7.15. The van der Waals surface area contributed by atoms with Gasteiger partial charge in [0.05, 0.1) is 10.7 Å². The van der Waals surface area contributed by atoms with Gasteiger partial charge in [-0.3, -0.25) is 10.1 Å². The number of nitrogens with zero attached hydrogens (tertiary/aromatic N) is 2. The van der Waals surface area contributed by atoms with E-state index in [4.69, 9.17) is 0 Å². The van der Waals surface area contributed by atoms with Crippen molar-refractivity contribution in [3.63, 3.8) is 0 Å². The molecular weight excluding hydrogens is 345 g/mol. The van der Waals surface area contributed by atoms with Gasteiger partial charge >= 0.3 is 0 Å². The van der Waals surface area contributed by atoms with E-state index in [1.54, 1.807) is 18.3 Å². The number of benzene rings is 1. The third-order valence-corrected chi connectivity index (χ3v) is 4.80. The Balaban J connectivity index is 1.59. The minimum absolute atomic E-state index is 0.257. The summed E-state index contributed by atoms with van der Waals surface area (Å²) < 4.78 is 13.2. The van der Waals surface area contributed by atoms with Gasteiger partial charge in [0.15, 0.2) is 5.13 Å². The van der Waals surface area contributed by atoms with E-state index in [1.165, 1.54) is 40.9 Å². The molecule has 2 aromatic heterocycles. The summed E-state index contributed by atoms with van der Waals surface area (Å²) in [5.41, 5.74) is 1.63. The highest BCUT2D eigenvalue weighted by atomic mass is 32.1. The second kappa shape index (κ2) is 7.46. The number of carbonyl (C=O) groups is 1. The van der Waals surface area contributed by atoms with Crippen molar-refractivity contribution in [3.8, 4) is 0 Å². The van der Waals surface area contributed by atoms with E-state index in [-0.39, 0.29) is 11.7 Å². The van der Waals surface area contributed by atoms with E-state index in [2.05, 4.69) is 15.3 Å². The topological polar surface area (TPSA) is 54.9 Å². The van der Waals surface area contributed by atoms with Gasteiger partial charge in [0.1, 0.15) is 5.82 Å². The second-order valence-corrected chi connectivity index (χ2v) is 7.23. The number of aromatic nitrogens is 2. The van der Waals surface area contributed by atoms with Crippen LogP contribution in [0.4, 0.5) is 9.52 Å². The van der Waals surface area contributed by atoms with Gasteiger partial charge in [-0.05, 0) is 30.7 Å².